The number of benzene rings is 2. The third-order valence-corrected chi connectivity index (χ3v) is 4.35. The minimum atomic E-state index is -0.122. The van der Waals surface area contributed by atoms with Gasteiger partial charge in [0.1, 0.15) is 0 Å². The van der Waals surface area contributed by atoms with Gasteiger partial charge in [-0.2, -0.15) is 0 Å². The fourth-order valence-corrected chi connectivity index (χ4v) is 2.78. The van der Waals surface area contributed by atoms with Crippen molar-refractivity contribution in [2.45, 2.75) is 33.2 Å². The van der Waals surface area contributed by atoms with Gasteiger partial charge in [0, 0.05) is 12.6 Å². The standard InChI is InChI=1S/C22H27NO3/c1-5-16-7-10-18(6-2)19(13-16)15-23-22(24)12-9-17-8-11-20(25-3)21(14-17)26-4/h7-14H,5-6,15H2,1-4H3,(H,23,24)/b12-9+. The zero-order chi connectivity index (χ0) is 18.9. The van der Waals surface area contributed by atoms with Crippen molar-refractivity contribution in [1.29, 1.82) is 0 Å². The van der Waals surface area contributed by atoms with E-state index in [4.69, 9.17) is 9.47 Å². The first-order chi connectivity index (χ1) is 12.6. The lowest BCUT2D eigenvalue weighted by molar-refractivity contribution is -0.116. The largest absolute Gasteiger partial charge is 0.493 e. The van der Waals surface area contributed by atoms with Crippen LogP contribution >= 0.6 is 0 Å². The Balaban J connectivity index is 2.02. The monoisotopic (exact) mass is 353 g/mol. The molecule has 2 rings (SSSR count). The SMILES string of the molecule is CCc1ccc(CC)c(CNC(=O)/C=C/c2ccc(OC)c(OC)c2)c1. The van der Waals surface area contributed by atoms with Gasteiger partial charge in [0.05, 0.1) is 14.2 Å². The highest BCUT2D eigenvalue weighted by atomic mass is 16.5. The molecule has 26 heavy (non-hydrogen) atoms. The second kappa shape index (κ2) is 9.66. The highest BCUT2D eigenvalue weighted by molar-refractivity contribution is 5.91. The fourth-order valence-electron chi connectivity index (χ4n) is 2.78. The van der Waals surface area contributed by atoms with Crippen LogP contribution < -0.4 is 14.8 Å². The third-order valence-electron chi connectivity index (χ3n) is 4.35. The minimum Gasteiger partial charge on any atom is -0.493 e. The lowest BCUT2D eigenvalue weighted by Crippen LogP contribution is -2.21. The molecule has 4 nitrogen and oxygen atoms in total. The molecule has 2 aromatic carbocycles. The zero-order valence-electron chi connectivity index (χ0n) is 16.0. The zero-order valence-corrected chi connectivity index (χ0v) is 16.0. The third kappa shape index (κ3) is 5.12. The van der Waals surface area contributed by atoms with Crippen LogP contribution in [-0.2, 0) is 24.2 Å². The number of amides is 1. The van der Waals surface area contributed by atoms with E-state index in [2.05, 4.69) is 37.4 Å². The van der Waals surface area contributed by atoms with Gasteiger partial charge in [-0.15, -0.1) is 0 Å². The van der Waals surface area contributed by atoms with E-state index >= 15 is 0 Å². The quantitative estimate of drug-likeness (QED) is 0.725. The van der Waals surface area contributed by atoms with Crippen molar-refractivity contribution in [3.63, 3.8) is 0 Å². The number of ether oxygens (including phenoxy) is 2. The summed E-state index contributed by atoms with van der Waals surface area (Å²) in [5.74, 6) is 1.18. The molecule has 0 heterocycles. The first-order valence-corrected chi connectivity index (χ1v) is 8.89. The number of carbonyl (C=O) groups excluding carboxylic acids is 1. The summed E-state index contributed by atoms with van der Waals surface area (Å²) in [6, 6.07) is 12.0. The molecule has 0 atom stereocenters. The maximum absolute atomic E-state index is 12.2. The second-order valence-corrected chi connectivity index (χ2v) is 5.98. The second-order valence-electron chi connectivity index (χ2n) is 5.98. The summed E-state index contributed by atoms with van der Waals surface area (Å²) in [5, 5.41) is 2.96. The Morgan fingerprint density at radius 1 is 0.962 bits per heavy atom. The van der Waals surface area contributed by atoms with Crippen LogP contribution in [0, 0.1) is 0 Å². The first-order valence-electron chi connectivity index (χ1n) is 8.89. The number of rotatable bonds is 8. The Hall–Kier alpha value is -2.75. The molecule has 0 aliphatic rings. The summed E-state index contributed by atoms with van der Waals surface area (Å²) < 4.78 is 10.5. The number of nitrogens with one attached hydrogen (secondary N) is 1. The van der Waals surface area contributed by atoms with Gasteiger partial charge in [-0.1, -0.05) is 38.1 Å². The van der Waals surface area contributed by atoms with Crippen LogP contribution in [-0.4, -0.2) is 20.1 Å². The molecular formula is C22H27NO3. The summed E-state index contributed by atoms with van der Waals surface area (Å²) in [5.41, 5.74) is 4.61. The molecule has 0 aliphatic heterocycles. The Kier molecular flexibility index (Phi) is 7.27. The molecule has 0 saturated carbocycles. The van der Waals surface area contributed by atoms with Gasteiger partial charge in [-0.05, 0) is 53.3 Å². The summed E-state index contributed by atoms with van der Waals surface area (Å²) in [4.78, 5) is 12.2. The minimum absolute atomic E-state index is 0.122. The summed E-state index contributed by atoms with van der Waals surface area (Å²) in [6.45, 7) is 4.80. The lowest BCUT2D eigenvalue weighted by Gasteiger charge is -2.10. The molecule has 0 fully saturated rings. The van der Waals surface area contributed by atoms with E-state index in [-0.39, 0.29) is 5.91 Å². The van der Waals surface area contributed by atoms with Crippen molar-refractivity contribution >= 4 is 12.0 Å². The van der Waals surface area contributed by atoms with Crippen LogP contribution in [0.3, 0.4) is 0 Å². The average Bonchev–Trinajstić information content (AvgIpc) is 2.69. The van der Waals surface area contributed by atoms with Crippen LogP contribution in [0.15, 0.2) is 42.5 Å². The van der Waals surface area contributed by atoms with E-state index < -0.39 is 0 Å². The average molecular weight is 353 g/mol. The number of hydrogen-bond donors (Lipinski definition) is 1. The Morgan fingerprint density at radius 2 is 1.73 bits per heavy atom. The van der Waals surface area contributed by atoms with Crippen LogP contribution in [0.1, 0.15) is 36.1 Å². The van der Waals surface area contributed by atoms with Crippen LogP contribution in [0.4, 0.5) is 0 Å². The normalized spacial score (nSPS) is 10.8. The van der Waals surface area contributed by atoms with Gasteiger partial charge >= 0.3 is 0 Å². The topological polar surface area (TPSA) is 47.6 Å². The summed E-state index contributed by atoms with van der Waals surface area (Å²) in [7, 11) is 3.19. The molecule has 2 aromatic rings. The molecule has 0 aliphatic carbocycles. The summed E-state index contributed by atoms with van der Waals surface area (Å²) >= 11 is 0. The molecule has 0 bridgehead atoms. The predicted octanol–water partition coefficient (Wildman–Crippen LogP) is 4.16. The molecule has 138 valence electrons. The van der Waals surface area contributed by atoms with Gasteiger partial charge in [0.2, 0.25) is 5.91 Å². The smallest absolute Gasteiger partial charge is 0.244 e. The number of carbonyl (C=O) groups is 1. The fraction of sp³-hybridized carbons (Fsp3) is 0.318. The van der Waals surface area contributed by atoms with E-state index in [1.54, 1.807) is 20.3 Å². The number of hydrogen-bond acceptors (Lipinski definition) is 3. The molecule has 4 heteroatoms. The Morgan fingerprint density at radius 3 is 2.38 bits per heavy atom. The molecule has 1 amide bonds. The van der Waals surface area contributed by atoms with Crippen molar-refractivity contribution in [3.05, 3.63) is 64.7 Å². The first kappa shape index (κ1) is 19.6. The van der Waals surface area contributed by atoms with Crippen LogP contribution in [0.5, 0.6) is 11.5 Å². The maximum atomic E-state index is 12.2. The van der Waals surface area contributed by atoms with Gasteiger partial charge in [-0.25, -0.2) is 0 Å². The van der Waals surface area contributed by atoms with Gasteiger partial charge < -0.3 is 14.8 Å². The van der Waals surface area contributed by atoms with Crippen molar-refractivity contribution in [1.82, 2.24) is 5.32 Å². The molecule has 0 unspecified atom stereocenters. The van der Waals surface area contributed by atoms with Crippen molar-refractivity contribution in [3.8, 4) is 11.5 Å². The van der Waals surface area contributed by atoms with Gasteiger partial charge in [0.15, 0.2) is 11.5 Å². The van der Waals surface area contributed by atoms with Gasteiger partial charge in [-0.3, -0.25) is 4.79 Å². The van der Waals surface area contributed by atoms with Crippen LogP contribution in [0.25, 0.3) is 6.08 Å². The lowest BCUT2D eigenvalue weighted by atomic mass is 10.0. The highest BCUT2D eigenvalue weighted by Gasteiger charge is 2.05. The highest BCUT2D eigenvalue weighted by Crippen LogP contribution is 2.27. The molecule has 0 saturated heterocycles. The Bertz CT molecular complexity index is 781. The molecule has 0 radical (unpaired) electrons. The molecular weight excluding hydrogens is 326 g/mol. The van der Waals surface area contributed by atoms with Crippen molar-refractivity contribution in [2.75, 3.05) is 14.2 Å². The molecule has 0 aromatic heterocycles. The summed E-state index contributed by atoms with van der Waals surface area (Å²) in [6.07, 6.45) is 5.25. The van der Waals surface area contributed by atoms with E-state index in [0.29, 0.717) is 18.0 Å². The number of aryl methyl sites for hydroxylation is 2. The van der Waals surface area contributed by atoms with E-state index in [9.17, 15) is 4.79 Å². The molecule has 1 N–H and O–H groups in total. The maximum Gasteiger partial charge on any atom is 0.244 e. The van der Waals surface area contributed by atoms with Crippen molar-refractivity contribution in [2.24, 2.45) is 0 Å². The van der Waals surface area contributed by atoms with Crippen molar-refractivity contribution < 1.29 is 14.3 Å². The van der Waals surface area contributed by atoms with E-state index in [1.165, 1.54) is 22.8 Å². The van der Waals surface area contributed by atoms with Gasteiger partial charge in [0.25, 0.3) is 0 Å². The van der Waals surface area contributed by atoms with E-state index in [0.717, 1.165) is 18.4 Å². The van der Waals surface area contributed by atoms with Crippen LogP contribution in [0.2, 0.25) is 0 Å². The van der Waals surface area contributed by atoms with E-state index in [1.807, 2.05) is 18.2 Å². The Labute approximate surface area is 155 Å². The number of methoxy groups -OCH3 is 2. The predicted molar refractivity (Wildman–Crippen MR) is 106 cm³/mol. The molecule has 0 spiro atoms.